The first-order valence-corrected chi connectivity index (χ1v) is 7.13. The molecular weight excluding hydrogens is 259 g/mol. The molecule has 1 atom stereocenters. The molecule has 1 aromatic rings. The molecule has 1 unspecified atom stereocenters. The Balaban J connectivity index is 2.23. The number of nitrogens with one attached hydrogen (secondary N) is 1. The molecule has 110 valence electrons. The molecule has 0 aromatic heterocycles. The lowest BCUT2D eigenvalue weighted by Crippen LogP contribution is -2.49. The van der Waals surface area contributed by atoms with Gasteiger partial charge in [0.15, 0.2) is 0 Å². The van der Waals surface area contributed by atoms with Crippen LogP contribution in [0.3, 0.4) is 0 Å². The molecule has 2 N–H and O–H groups in total. The van der Waals surface area contributed by atoms with E-state index in [-0.39, 0.29) is 23.3 Å². The molecular formula is C15H21FN2O2. The maximum atomic E-state index is 13.3. The number of amides is 1. The summed E-state index contributed by atoms with van der Waals surface area (Å²) in [6, 6.07) is 3.60. The zero-order chi connectivity index (χ0) is 14.5. The van der Waals surface area contributed by atoms with Crippen LogP contribution in [0.1, 0.15) is 36.5 Å². The highest BCUT2D eigenvalue weighted by molar-refractivity contribution is 5.97. The fraction of sp³-hybridized carbons (Fsp3) is 0.533. The molecule has 0 aliphatic carbocycles. The third-order valence-corrected chi connectivity index (χ3v) is 3.63. The summed E-state index contributed by atoms with van der Waals surface area (Å²) >= 11 is 0. The first-order chi connectivity index (χ1) is 9.63. The summed E-state index contributed by atoms with van der Waals surface area (Å²) in [5.41, 5.74) is 0.0454. The second-order valence-corrected chi connectivity index (χ2v) is 5.16. The van der Waals surface area contributed by atoms with Gasteiger partial charge in [-0.05, 0) is 44.0 Å². The minimum absolute atomic E-state index is 0.0454. The lowest BCUT2D eigenvalue weighted by Gasteiger charge is -2.34. The van der Waals surface area contributed by atoms with Gasteiger partial charge < -0.3 is 15.3 Å². The van der Waals surface area contributed by atoms with E-state index in [2.05, 4.69) is 5.32 Å². The average molecular weight is 280 g/mol. The molecule has 4 nitrogen and oxygen atoms in total. The Morgan fingerprint density at radius 3 is 3.00 bits per heavy atom. The summed E-state index contributed by atoms with van der Waals surface area (Å²) in [6.45, 7) is 4.33. The van der Waals surface area contributed by atoms with Crippen molar-refractivity contribution in [3.63, 3.8) is 0 Å². The first-order valence-electron chi connectivity index (χ1n) is 7.13. The van der Waals surface area contributed by atoms with Crippen molar-refractivity contribution >= 4 is 5.91 Å². The van der Waals surface area contributed by atoms with Gasteiger partial charge in [-0.3, -0.25) is 4.79 Å². The Kier molecular flexibility index (Phi) is 4.95. The maximum Gasteiger partial charge on any atom is 0.258 e. The van der Waals surface area contributed by atoms with Crippen LogP contribution < -0.4 is 5.32 Å². The van der Waals surface area contributed by atoms with Crippen molar-refractivity contribution in [1.82, 2.24) is 10.2 Å². The van der Waals surface area contributed by atoms with Gasteiger partial charge in [0.25, 0.3) is 5.91 Å². The predicted octanol–water partition coefficient (Wildman–Crippen LogP) is 2.14. The van der Waals surface area contributed by atoms with Crippen molar-refractivity contribution in [2.45, 2.75) is 32.2 Å². The SMILES string of the molecule is CCCN(C(=O)c1cc(F)ccc1O)C1CCCNC1. The largest absolute Gasteiger partial charge is 0.507 e. The Morgan fingerprint density at radius 1 is 1.55 bits per heavy atom. The fourth-order valence-electron chi connectivity index (χ4n) is 2.62. The van der Waals surface area contributed by atoms with Gasteiger partial charge in [-0.25, -0.2) is 4.39 Å². The van der Waals surface area contributed by atoms with Crippen LogP contribution in [0, 0.1) is 5.82 Å². The molecule has 1 aliphatic heterocycles. The number of carbonyl (C=O) groups excluding carboxylic acids is 1. The van der Waals surface area contributed by atoms with Crippen LogP contribution in [0.2, 0.25) is 0 Å². The van der Waals surface area contributed by atoms with Crippen molar-refractivity contribution in [2.75, 3.05) is 19.6 Å². The summed E-state index contributed by atoms with van der Waals surface area (Å²) < 4.78 is 13.3. The zero-order valence-corrected chi connectivity index (χ0v) is 11.7. The number of benzene rings is 1. The molecule has 2 rings (SSSR count). The van der Waals surface area contributed by atoms with E-state index in [1.165, 1.54) is 6.07 Å². The van der Waals surface area contributed by atoms with Crippen molar-refractivity contribution in [3.05, 3.63) is 29.6 Å². The second kappa shape index (κ2) is 6.70. The molecule has 1 aliphatic rings. The van der Waals surface area contributed by atoms with Gasteiger partial charge in [0, 0.05) is 19.1 Å². The van der Waals surface area contributed by atoms with Gasteiger partial charge >= 0.3 is 0 Å². The third-order valence-electron chi connectivity index (χ3n) is 3.63. The maximum absolute atomic E-state index is 13.3. The number of nitrogens with zero attached hydrogens (tertiary/aromatic N) is 1. The Labute approximate surface area is 118 Å². The fourth-order valence-corrected chi connectivity index (χ4v) is 2.62. The van der Waals surface area contributed by atoms with Crippen LogP contribution in [0.25, 0.3) is 0 Å². The third kappa shape index (κ3) is 3.28. The lowest BCUT2D eigenvalue weighted by molar-refractivity contribution is 0.0645. The topological polar surface area (TPSA) is 52.6 Å². The average Bonchev–Trinajstić information content (AvgIpc) is 2.47. The number of carbonyl (C=O) groups is 1. The van der Waals surface area contributed by atoms with Gasteiger partial charge in [-0.15, -0.1) is 0 Å². The smallest absolute Gasteiger partial charge is 0.258 e. The van der Waals surface area contributed by atoms with E-state index in [9.17, 15) is 14.3 Å². The van der Waals surface area contributed by atoms with Crippen molar-refractivity contribution in [2.24, 2.45) is 0 Å². The van der Waals surface area contributed by atoms with Crippen molar-refractivity contribution in [3.8, 4) is 5.75 Å². The highest BCUT2D eigenvalue weighted by atomic mass is 19.1. The van der Waals surface area contributed by atoms with E-state index in [0.29, 0.717) is 6.54 Å². The summed E-state index contributed by atoms with van der Waals surface area (Å²) in [6.07, 6.45) is 2.79. The number of hydrogen-bond donors (Lipinski definition) is 2. The van der Waals surface area contributed by atoms with Crippen molar-refractivity contribution in [1.29, 1.82) is 0 Å². The van der Waals surface area contributed by atoms with Gasteiger partial charge in [0.2, 0.25) is 0 Å². The summed E-state index contributed by atoms with van der Waals surface area (Å²) in [5.74, 6) is -0.969. The lowest BCUT2D eigenvalue weighted by atomic mass is 10.0. The quantitative estimate of drug-likeness (QED) is 0.888. The van der Waals surface area contributed by atoms with E-state index in [0.717, 1.165) is 44.5 Å². The molecule has 0 bridgehead atoms. The van der Waals surface area contributed by atoms with Crippen LogP contribution in [0.5, 0.6) is 5.75 Å². The van der Waals surface area contributed by atoms with Crippen LogP contribution in [-0.4, -0.2) is 41.6 Å². The molecule has 0 spiro atoms. The molecule has 5 heteroatoms. The van der Waals surface area contributed by atoms with Gasteiger partial charge in [0.1, 0.15) is 11.6 Å². The molecule has 20 heavy (non-hydrogen) atoms. The summed E-state index contributed by atoms with van der Waals surface area (Å²) in [7, 11) is 0. The molecule has 0 saturated carbocycles. The van der Waals surface area contributed by atoms with E-state index < -0.39 is 5.82 Å². The zero-order valence-electron chi connectivity index (χ0n) is 11.7. The molecule has 1 fully saturated rings. The highest BCUT2D eigenvalue weighted by Gasteiger charge is 2.27. The number of piperidine rings is 1. The molecule has 1 heterocycles. The standard InChI is InChI=1S/C15H21FN2O2/c1-2-8-18(12-4-3-7-17-10-12)15(20)13-9-11(16)5-6-14(13)19/h5-6,9,12,17,19H,2-4,7-8,10H2,1H3. The van der Waals surface area contributed by atoms with Gasteiger partial charge in [-0.2, -0.15) is 0 Å². The van der Waals surface area contributed by atoms with E-state index in [1.807, 2.05) is 6.92 Å². The van der Waals surface area contributed by atoms with E-state index in [4.69, 9.17) is 0 Å². The van der Waals surface area contributed by atoms with Crippen LogP contribution in [-0.2, 0) is 0 Å². The van der Waals surface area contributed by atoms with Crippen molar-refractivity contribution < 1.29 is 14.3 Å². The Hall–Kier alpha value is -1.62. The number of aromatic hydroxyl groups is 1. The number of rotatable bonds is 4. The molecule has 1 aromatic carbocycles. The Morgan fingerprint density at radius 2 is 2.35 bits per heavy atom. The minimum atomic E-state index is -0.510. The monoisotopic (exact) mass is 280 g/mol. The predicted molar refractivity (Wildman–Crippen MR) is 75.3 cm³/mol. The summed E-state index contributed by atoms with van der Waals surface area (Å²) in [4.78, 5) is 14.3. The number of halogens is 1. The number of hydrogen-bond acceptors (Lipinski definition) is 3. The number of phenols is 1. The molecule has 1 amide bonds. The normalized spacial score (nSPS) is 18.8. The van der Waals surface area contributed by atoms with E-state index >= 15 is 0 Å². The van der Waals surface area contributed by atoms with Gasteiger partial charge in [0.05, 0.1) is 5.56 Å². The molecule has 0 radical (unpaired) electrons. The van der Waals surface area contributed by atoms with E-state index in [1.54, 1.807) is 4.90 Å². The minimum Gasteiger partial charge on any atom is -0.507 e. The highest BCUT2D eigenvalue weighted by Crippen LogP contribution is 2.22. The van der Waals surface area contributed by atoms with Crippen LogP contribution >= 0.6 is 0 Å². The van der Waals surface area contributed by atoms with Crippen LogP contribution in [0.15, 0.2) is 18.2 Å². The Bertz CT molecular complexity index is 473. The first kappa shape index (κ1) is 14.8. The molecule has 1 saturated heterocycles. The number of phenolic OH excluding ortho intramolecular Hbond substituents is 1. The summed E-state index contributed by atoms with van der Waals surface area (Å²) in [5, 5.41) is 13.1. The van der Waals surface area contributed by atoms with Gasteiger partial charge in [-0.1, -0.05) is 6.92 Å². The second-order valence-electron chi connectivity index (χ2n) is 5.16. The van der Waals surface area contributed by atoms with Crippen LogP contribution in [0.4, 0.5) is 4.39 Å².